The van der Waals surface area contributed by atoms with Gasteiger partial charge in [-0.2, -0.15) is 15.4 Å². The summed E-state index contributed by atoms with van der Waals surface area (Å²) in [7, 11) is 1.83. The van der Waals surface area contributed by atoms with E-state index in [-0.39, 0.29) is 12.1 Å². The van der Waals surface area contributed by atoms with E-state index in [0.29, 0.717) is 17.8 Å². The third-order valence-electron chi connectivity index (χ3n) is 7.83. The molecule has 2 aromatic heterocycles. The Morgan fingerprint density at radius 3 is 2.74 bits per heavy atom. The molecule has 38 heavy (non-hydrogen) atoms. The molecular weight excluding hydrogens is 478 g/mol. The maximum absolute atomic E-state index is 5.88. The van der Waals surface area contributed by atoms with E-state index >= 15 is 0 Å². The number of tetrazole rings is 1. The van der Waals surface area contributed by atoms with Gasteiger partial charge in [0.2, 0.25) is 5.82 Å². The molecule has 1 aromatic carbocycles. The fraction of sp³-hybridized carbons (Fsp3) is 0.607. The average Bonchev–Trinajstić information content (AvgIpc) is 3.45. The van der Waals surface area contributed by atoms with Crippen LogP contribution >= 0.6 is 0 Å². The highest BCUT2D eigenvalue weighted by atomic mass is 16.5. The second-order valence-electron chi connectivity index (χ2n) is 11.2. The second-order valence-corrected chi connectivity index (χ2v) is 11.2. The van der Waals surface area contributed by atoms with Crippen molar-refractivity contribution in [3.8, 4) is 11.4 Å². The van der Waals surface area contributed by atoms with E-state index < -0.39 is 0 Å². The first kappa shape index (κ1) is 26.5. The van der Waals surface area contributed by atoms with Gasteiger partial charge in [0.25, 0.3) is 0 Å². The van der Waals surface area contributed by atoms with Crippen molar-refractivity contribution in [1.29, 1.82) is 0 Å². The van der Waals surface area contributed by atoms with Gasteiger partial charge in [-0.15, -0.1) is 10.2 Å². The van der Waals surface area contributed by atoms with Crippen LogP contribution in [0.1, 0.15) is 57.7 Å². The summed E-state index contributed by atoms with van der Waals surface area (Å²) in [6.07, 6.45) is 7.52. The molecule has 2 unspecified atom stereocenters. The van der Waals surface area contributed by atoms with Gasteiger partial charge < -0.3 is 15.0 Å². The summed E-state index contributed by atoms with van der Waals surface area (Å²) in [6, 6.07) is 9.25. The summed E-state index contributed by atoms with van der Waals surface area (Å²) >= 11 is 0. The number of rotatable bonds is 9. The number of piperazine rings is 1. The summed E-state index contributed by atoms with van der Waals surface area (Å²) in [5, 5.41) is 27.7. The summed E-state index contributed by atoms with van der Waals surface area (Å²) in [5.41, 5.74) is 5.59. The monoisotopic (exact) mass is 519 g/mol. The molecule has 3 aromatic rings. The van der Waals surface area contributed by atoms with Crippen molar-refractivity contribution in [3.05, 3.63) is 41.7 Å². The summed E-state index contributed by atoms with van der Waals surface area (Å²) < 4.78 is 5.88. The van der Waals surface area contributed by atoms with Gasteiger partial charge in [-0.3, -0.25) is 4.90 Å². The summed E-state index contributed by atoms with van der Waals surface area (Å²) in [5.74, 6) is 1.17. The van der Waals surface area contributed by atoms with E-state index in [1.165, 1.54) is 24.1 Å². The van der Waals surface area contributed by atoms with Gasteiger partial charge in [0.1, 0.15) is 0 Å². The number of H-pyrrole nitrogens is 1. The fourth-order valence-corrected chi connectivity index (χ4v) is 5.96. The zero-order valence-electron chi connectivity index (χ0n) is 23.1. The smallest absolute Gasteiger partial charge is 0.208 e. The molecule has 2 aliphatic rings. The molecule has 2 N–H and O–H groups in total. The van der Waals surface area contributed by atoms with Gasteiger partial charge in [-0.05, 0) is 67.1 Å². The Morgan fingerprint density at radius 2 is 2.03 bits per heavy atom. The van der Waals surface area contributed by atoms with E-state index in [0.717, 1.165) is 62.4 Å². The van der Waals surface area contributed by atoms with Crippen molar-refractivity contribution in [2.45, 2.75) is 77.6 Å². The number of benzene rings is 1. The van der Waals surface area contributed by atoms with Crippen LogP contribution in [0.3, 0.4) is 0 Å². The number of methoxy groups -OCH3 is 1. The largest absolute Gasteiger partial charge is 0.379 e. The van der Waals surface area contributed by atoms with Crippen molar-refractivity contribution in [2.75, 3.05) is 37.0 Å². The Hall–Kier alpha value is -3.11. The number of hydrogen-bond acceptors (Lipinski definition) is 9. The van der Waals surface area contributed by atoms with Gasteiger partial charge >= 0.3 is 0 Å². The van der Waals surface area contributed by atoms with Gasteiger partial charge in [0.05, 0.1) is 29.1 Å². The molecule has 1 aliphatic heterocycles. The van der Waals surface area contributed by atoms with Crippen LogP contribution < -0.4 is 10.2 Å². The van der Waals surface area contributed by atoms with E-state index in [2.05, 4.69) is 78.8 Å². The van der Waals surface area contributed by atoms with Crippen molar-refractivity contribution < 1.29 is 4.74 Å². The number of hydrogen-bond donors (Lipinski definition) is 2. The molecule has 1 aliphatic carbocycles. The van der Waals surface area contributed by atoms with Crippen molar-refractivity contribution in [1.82, 2.24) is 35.7 Å². The normalized spacial score (nSPS) is 22.7. The molecule has 0 bridgehead atoms. The van der Waals surface area contributed by atoms with Crippen molar-refractivity contribution in [3.63, 3.8) is 0 Å². The highest BCUT2D eigenvalue weighted by Crippen LogP contribution is 2.40. The Labute approximate surface area is 225 Å². The molecule has 5 rings (SSSR count). The van der Waals surface area contributed by atoms with Gasteiger partial charge in [-0.1, -0.05) is 26.7 Å². The molecule has 0 amide bonds. The van der Waals surface area contributed by atoms with Crippen molar-refractivity contribution in [2.24, 2.45) is 5.92 Å². The van der Waals surface area contributed by atoms with Crippen LogP contribution in [0.4, 0.5) is 11.4 Å². The molecule has 204 valence electrons. The van der Waals surface area contributed by atoms with E-state index in [4.69, 9.17) is 4.74 Å². The van der Waals surface area contributed by atoms with Crippen LogP contribution in [0, 0.1) is 5.92 Å². The van der Waals surface area contributed by atoms with E-state index in [1.54, 1.807) is 6.20 Å². The molecule has 10 heteroatoms. The SMILES string of the molecule is COC1CCCCC1Nc1cc(CC(C)C)cc(N2CCN(Cc3cccnn3)[C@@H](C)C2)c1-c1nn[nH]n1. The predicted molar refractivity (Wildman–Crippen MR) is 149 cm³/mol. The lowest BCUT2D eigenvalue weighted by Crippen LogP contribution is -2.51. The maximum Gasteiger partial charge on any atom is 0.208 e. The third-order valence-corrected chi connectivity index (χ3v) is 7.83. The quantitative estimate of drug-likeness (QED) is 0.435. The average molecular weight is 520 g/mol. The first-order chi connectivity index (χ1) is 18.5. The Bertz CT molecular complexity index is 1150. The minimum Gasteiger partial charge on any atom is -0.379 e. The van der Waals surface area contributed by atoms with Crippen LogP contribution in [-0.2, 0) is 17.7 Å². The zero-order chi connectivity index (χ0) is 26.5. The lowest BCUT2D eigenvalue weighted by Gasteiger charge is -2.42. The molecular formula is C28H41N9O. The minimum atomic E-state index is 0.198. The lowest BCUT2D eigenvalue weighted by atomic mass is 9.91. The minimum absolute atomic E-state index is 0.198. The molecule has 2 fully saturated rings. The van der Waals surface area contributed by atoms with Gasteiger partial charge in [-0.25, -0.2) is 0 Å². The summed E-state index contributed by atoms with van der Waals surface area (Å²) in [4.78, 5) is 4.98. The second kappa shape index (κ2) is 12.2. The van der Waals surface area contributed by atoms with Crippen LogP contribution in [-0.4, -0.2) is 80.7 Å². The van der Waals surface area contributed by atoms with Crippen LogP contribution in [0.15, 0.2) is 30.5 Å². The van der Waals surface area contributed by atoms with Crippen LogP contribution in [0.25, 0.3) is 11.4 Å². The molecule has 3 atom stereocenters. The molecule has 0 spiro atoms. The fourth-order valence-electron chi connectivity index (χ4n) is 5.96. The highest BCUT2D eigenvalue weighted by Gasteiger charge is 2.30. The Morgan fingerprint density at radius 1 is 1.16 bits per heavy atom. The third kappa shape index (κ3) is 6.13. The molecule has 1 saturated heterocycles. The first-order valence-corrected chi connectivity index (χ1v) is 14.0. The summed E-state index contributed by atoms with van der Waals surface area (Å²) in [6.45, 7) is 10.4. The van der Waals surface area contributed by atoms with Crippen molar-refractivity contribution >= 4 is 11.4 Å². The highest BCUT2D eigenvalue weighted by molar-refractivity contribution is 5.87. The first-order valence-electron chi connectivity index (χ1n) is 14.0. The Balaban J connectivity index is 1.48. The molecule has 1 saturated carbocycles. The van der Waals surface area contributed by atoms with Gasteiger partial charge in [0.15, 0.2) is 0 Å². The van der Waals surface area contributed by atoms with Crippen LogP contribution in [0.5, 0.6) is 0 Å². The standard InChI is InChI=1S/C28H41N9O/c1-19(2)14-21-15-24(30-23-9-5-6-10-26(23)38-4)27(28-32-34-35-33-28)25(16-21)37-13-12-36(20(3)17-37)18-22-8-7-11-29-31-22/h7-8,11,15-16,19-20,23,26,30H,5-6,9-10,12-14,17-18H2,1-4H3,(H,32,33,34,35)/t20-,23?,26?/m0/s1. The molecule has 10 nitrogen and oxygen atoms in total. The Kier molecular flexibility index (Phi) is 8.48. The number of anilines is 2. The predicted octanol–water partition coefficient (Wildman–Crippen LogP) is 3.94. The van der Waals surface area contributed by atoms with Crippen LogP contribution in [0.2, 0.25) is 0 Å². The molecule has 0 radical (unpaired) electrons. The number of aromatic amines is 1. The number of nitrogens with zero attached hydrogens (tertiary/aromatic N) is 7. The number of ether oxygens (including phenoxy) is 1. The van der Waals surface area contributed by atoms with E-state index in [9.17, 15) is 0 Å². The molecule has 3 heterocycles. The topological polar surface area (TPSA) is 108 Å². The number of aromatic nitrogens is 6. The number of nitrogens with one attached hydrogen (secondary N) is 2. The van der Waals surface area contributed by atoms with Gasteiger partial charge in [0, 0.05) is 51.2 Å². The zero-order valence-corrected chi connectivity index (χ0v) is 23.1. The maximum atomic E-state index is 5.88. The lowest BCUT2D eigenvalue weighted by molar-refractivity contribution is 0.0606. The van der Waals surface area contributed by atoms with E-state index in [1.807, 2.05) is 19.2 Å².